The van der Waals surface area contributed by atoms with E-state index in [0.29, 0.717) is 6.61 Å². The number of hydrogen-bond acceptors (Lipinski definition) is 3. The second-order valence-electron chi connectivity index (χ2n) is 2.05. The summed E-state index contributed by atoms with van der Waals surface area (Å²) in [7, 11) is -2.79. The minimum atomic E-state index is -2.79. The molecule has 1 atom stereocenters. The van der Waals surface area contributed by atoms with Crippen LogP contribution >= 0.6 is 0 Å². The van der Waals surface area contributed by atoms with Crippen LogP contribution < -0.4 is 0 Å². The van der Waals surface area contributed by atoms with Gasteiger partial charge >= 0.3 is 0 Å². The molecule has 1 rings (SSSR count). The van der Waals surface area contributed by atoms with Crippen molar-refractivity contribution in [3.63, 3.8) is 0 Å². The average molecular weight is 136 g/mol. The minimum Gasteiger partial charge on any atom is -0.372 e. The smallest absolute Gasteiger partial charge is 0.150 e. The van der Waals surface area contributed by atoms with Crippen LogP contribution in [0.1, 0.15) is 0 Å². The summed E-state index contributed by atoms with van der Waals surface area (Å²) in [6.07, 6.45) is 1.22. The van der Waals surface area contributed by atoms with Gasteiger partial charge in [-0.25, -0.2) is 8.42 Å². The van der Waals surface area contributed by atoms with Gasteiger partial charge in [-0.05, 0) is 0 Å². The molecule has 0 aromatic heterocycles. The summed E-state index contributed by atoms with van der Waals surface area (Å²) in [6, 6.07) is 0. The lowest BCUT2D eigenvalue weighted by atomic mass is 10.6. The topological polar surface area (TPSA) is 46.7 Å². The first kappa shape index (κ1) is 6.04. The van der Waals surface area contributed by atoms with Crippen molar-refractivity contribution in [3.05, 3.63) is 0 Å². The number of sulfone groups is 1. The number of rotatable bonds is 2. The van der Waals surface area contributed by atoms with Gasteiger partial charge in [0, 0.05) is 6.26 Å². The summed E-state index contributed by atoms with van der Waals surface area (Å²) in [4.78, 5) is 0. The van der Waals surface area contributed by atoms with Crippen LogP contribution in [0.3, 0.4) is 0 Å². The van der Waals surface area contributed by atoms with Gasteiger partial charge in [-0.1, -0.05) is 0 Å². The molecule has 0 saturated carbocycles. The molecule has 48 valence electrons. The summed E-state index contributed by atoms with van der Waals surface area (Å²) in [5.41, 5.74) is 0. The summed E-state index contributed by atoms with van der Waals surface area (Å²) in [5, 5.41) is 0. The fourth-order valence-corrected chi connectivity index (χ4v) is 1.37. The standard InChI is InChI=1S/C4H8O3S/c1-8(5,6)3-4-2-7-4/h4H,2-3H2,1H3. The summed E-state index contributed by atoms with van der Waals surface area (Å²) in [5.74, 6) is 0.188. The third kappa shape index (κ3) is 2.28. The fraction of sp³-hybridized carbons (Fsp3) is 1.00. The van der Waals surface area contributed by atoms with E-state index in [1.54, 1.807) is 0 Å². The van der Waals surface area contributed by atoms with Gasteiger partial charge in [0.05, 0.1) is 18.5 Å². The molecule has 0 aromatic carbocycles. The molecule has 1 fully saturated rings. The maximum absolute atomic E-state index is 10.4. The Hall–Kier alpha value is -0.0900. The van der Waals surface area contributed by atoms with Crippen molar-refractivity contribution in [2.45, 2.75) is 6.10 Å². The van der Waals surface area contributed by atoms with Gasteiger partial charge in [0.15, 0.2) is 0 Å². The van der Waals surface area contributed by atoms with Crippen LogP contribution in [0, 0.1) is 0 Å². The maximum Gasteiger partial charge on any atom is 0.150 e. The lowest BCUT2D eigenvalue weighted by molar-refractivity contribution is 0.423. The van der Waals surface area contributed by atoms with Gasteiger partial charge in [-0.2, -0.15) is 0 Å². The summed E-state index contributed by atoms with van der Waals surface area (Å²) >= 11 is 0. The van der Waals surface area contributed by atoms with Crippen molar-refractivity contribution in [3.8, 4) is 0 Å². The van der Waals surface area contributed by atoms with Gasteiger partial charge in [0.1, 0.15) is 9.84 Å². The number of epoxide rings is 1. The van der Waals surface area contributed by atoms with Crippen molar-refractivity contribution >= 4 is 9.84 Å². The quantitative estimate of drug-likeness (QED) is 0.477. The van der Waals surface area contributed by atoms with Crippen molar-refractivity contribution in [1.82, 2.24) is 0 Å². The van der Waals surface area contributed by atoms with Crippen molar-refractivity contribution in [1.29, 1.82) is 0 Å². The van der Waals surface area contributed by atoms with E-state index in [1.807, 2.05) is 0 Å². The van der Waals surface area contributed by atoms with E-state index in [0.717, 1.165) is 0 Å². The zero-order valence-corrected chi connectivity index (χ0v) is 5.44. The maximum atomic E-state index is 10.4. The highest BCUT2D eigenvalue weighted by Crippen LogP contribution is 2.10. The van der Waals surface area contributed by atoms with Gasteiger partial charge in [0.25, 0.3) is 0 Å². The highest BCUT2D eigenvalue weighted by molar-refractivity contribution is 7.90. The first-order chi connectivity index (χ1) is 3.58. The molecule has 0 bridgehead atoms. The van der Waals surface area contributed by atoms with Crippen LogP contribution in [-0.2, 0) is 14.6 Å². The third-order valence-electron chi connectivity index (χ3n) is 0.891. The van der Waals surface area contributed by atoms with Gasteiger partial charge in [-0.3, -0.25) is 0 Å². The Bertz CT molecular complexity index is 166. The fourth-order valence-electron chi connectivity index (χ4n) is 0.502. The van der Waals surface area contributed by atoms with Crippen LogP contribution in [0.4, 0.5) is 0 Å². The Kier molecular flexibility index (Phi) is 1.28. The van der Waals surface area contributed by atoms with E-state index in [-0.39, 0.29) is 11.9 Å². The second-order valence-corrected chi connectivity index (χ2v) is 4.23. The van der Waals surface area contributed by atoms with Crippen LogP contribution in [0.25, 0.3) is 0 Å². The molecule has 0 aliphatic carbocycles. The van der Waals surface area contributed by atoms with Crippen molar-refractivity contribution in [2.75, 3.05) is 18.6 Å². The van der Waals surface area contributed by atoms with E-state index in [9.17, 15) is 8.42 Å². The molecule has 1 aliphatic rings. The zero-order chi connectivity index (χ0) is 6.20. The van der Waals surface area contributed by atoms with E-state index >= 15 is 0 Å². The molecule has 0 amide bonds. The predicted octanol–water partition coefficient (Wildman–Crippen LogP) is -0.570. The predicted molar refractivity (Wildman–Crippen MR) is 29.5 cm³/mol. The molecule has 8 heavy (non-hydrogen) atoms. The number of hydrogen-bond donors (Lipinski definition) is 0. The second kappa shape index (κ2) is 1.70. The molecular formula is C4H8O3S. The monoisotopic (exact) mass is 136 g/mol. The van der Waals surface area contributed by atoms with E-state index in [2.05, 4.69) is 0 Å². The minimum absolute atomic E-state index is 0.00463. The Balaban J connectivity index is 2.38. The molecule has 1 heterocycles. The van der Waals surface area contributed by atoms with Crippen LogP contribution in [0.2, 0.25) is 0 Å². The van der Waals surface area contributed by atoms with Crippen LogP contribution in [0.15, 0.2) is 0 Å². The van der Waals surface area contributed by atoms with E-state index in [1.165, 1.54) is 6.26 Å². The molecule has 0 radical (unpaired) electrons. The van der Waals surface area contributed by atoms with Crippen LogP contribution in [-0.4, -0.2) is 33.1 Å². The molecule has 1 saturated heterocycles. The normalized spacial score (nSPS) is 27.9. The third-order valence-corrected chi connectivity index (χ3v) is 1.87. The highest BCUT2D eigenvalue weighted by atomic mass is 32.2. The van der Waals surface area contributed by atoms with E-state index in [4.69, 9.17) is 4.74 Å². The average Bonchev–Trinajstić information content (AvgIpc) is 2.12. The van der Waals surface area contributed by atoms with Crippen LogP contribution in [0.5, 0.6) is 0 Å². The van der Waals surface area contributed by atoms with Gasteiger partial charge < -0.3 is 4.74 Å². The Morgan fingerprint density at radius 2 is 2.25 bits per heavy atom. The first-order valence-electron chi connectivity index (χ1n) is 2.37. The SMILES string of the molecule is CS(=O)(=O)CC1CO1. The Morgan fingerprint density at radius 3 is 2.38 bits per heavy atom. The Morgan fingerprint density at radius 1 is 1.75 bits per heavy atom. The molecule has 0 N–H and O–H groups in total. The molecule has 1 unspecified atom stereocenters. The Labute approximate surface area is 48.6 Å². The van der Waals surface area contributed by atoms with E-state index < -0.39 is 9.84 Å². The first-order valence-corrected chi connectivity index (χ1v) is 4.43. The number of ether oxygens (including phenoxy) is 1. The molecule has 0 spiro atoms. The molecule has 3 nitrogen and oxygen atoms in total. The van der Waals surface area contributed by atoms with Crippen molar-refractivity contribution in [2.24, 2.45) is 0 Å². The highest BCUT2D eigenvalue weighted by Gasteiger charge is 2.26. The van der Waals surface area contributed by atoms with Gasteiger partial charge in [-0.15, -0.1) is 0 Å². The summed E-state index contributed by atoms with van der Waals surface area (Å²) in [6.45, 7) is 0.618. The van der Waals surface area contributed by atoms with Crippen molar-refractivity contribution < 1.29 is 13.2 Å². The lowest BCUT2D eigenvalue weighted by Gasteiger charge is -1.87. The molecule has 0 aromatic rings. The van der Waals surface area contributed by atoms with Gasteiger partial charge in [0.2, 0.25) is 0 Å². The molecular weight excluding hydrogens is 128 g/mol. The largest absolute Gasteiger partial charge is 0.372 e. The summed E-state index contributed by atoms with van der Waals surface area (Å²) < 4.78 is 25.5. The lowest BCUT2D eigenvalue weighted by Crippen LogP contribution is -2.08. The molecule has 4 heteroatoms. The molecule has 1 aliphatic heterocycles. The zero-order valence-electron chi connectivity index (χ0n) is 4.62.